The van der Waals surface area contributed by atoms with Crippen molar-refractivity contribution in [1.29, 1.82) is 0 Å². The molecule has 21 heavy (non-hydrogen) atoms. The van der Waals surface area contributed by atoms with E-state index in [1.165, 1.54) is 0 Å². The van der Waals surface area contributed by atoms with Crippen molar-refractivity contribution in [2.75, 3.05) is 13.1 Å². The van der Waals surface area contributed by atoms with Gasteiger partial charge in [-0.2, -0.15) is 0 Å². The van der Waals surface area contributed by atoms with E-state index < -0.39 is 0 Å². The number of halogens is 1. The van der Waals surface area contributed by atoms with Gasteiger partial charge >= 0.3 is 0 Å². The van der Waals surface area contributed by atoms with Gasteiger partial charge < -0.3 is 10.3 Å². The Kier molecular flexibility index (Phi) is 5.39. The molecule has 114 valence electrons. The van der Waals surface area contributed by atoms with Crippen LogP contribution in [0.3, 0.4) is 0 Å². The van der Waals surface area contributed by atoms with E-state index in [1.54, 1.807) is 0 Å². The molecule has 0 radical (unpaired) electrons. The molecule has 0 spiro atoms. The van der Waals surface area contributed by atoms with E-state index in [-0.39, 0.29) is 12.4 Å². The molecule has 1 aromatic heterocycles. The molecule has 2 aromatic rings. The lowest BCUT2D eigenvalue weighted by atomic mass is 9.95. The minimum absolute atomic E-state index is 0. The molecule has 2 unspecified atom stereocenters. The number of nitrogens with zero attached hydrogens (tertiary/aromatic N) is 2. The Bertz CT molecular complexity index is 558. The zero-order valence-corrected chi connectivity index (χ0v) is 13.1. The molecule has 2 atom stereocenters. The Balaban J connectivity index is 0.00000161. The van der Waals surface area contributed by atoms with Gasteiger partial charge in [0, 0.05) is 37.3 Å². The summed E-state index contributed by atoms with van der Waals surface area (Å²) in [4.78, 5) is 2.40. The van der Waals surface area contributed by atoms with Gasteiger partial charge in [0.15, 0.2) is 5.76 Å². The van der Waals surface area contributed by atoms with Crippen molar-refractivity contribution in [3.8, 4) is 11.3 Å². The summed E-state index contributed by atoms with van der Waals surface area (Å²) in [7, 11) is 0. The molecule has 1 aliphatic rings. The number of hydrogen-bond donors (Lipinski definition) is 1. The van der Waals surface area contributed by atoms with Gasteiger partial charge in [-0.25, -0.2) is 0 Å². The highest BCUT2D eigenvalue weighted by molar-refractivity contribution is 5.85. The second-order valence-corrected chi connectivity index (χ2v) is 5.71. The molecule has 1 aliphatic heterocycles. The summed E-state index contributed by atoms with van der Waals surface area (Å²) >= 11 is 0. The normalized spacial score (nSPS) is 22.8. The van der Waals surface area contributed by atoms with Crippen molar-refractivity contribution >= 4 is 12.4 Å². The summed E-state index contributed by atoms with van der Waals surface area (Å²) in [6.07, 6.45) is 1.06. The molecular formula is C16H22ClN3O. The average molecular weight is 308 g/mol. The quantitative estimate of drug-likeness (QED) is 0.947. The maximum Gasteiger partial charge on any atom is 0.167 e. The third-order valence-corrected chi connectivity index (χ3v) is 4.06. The first-order valence-electron chi connectivity index (χ1n) is 7.21. The van der Waals surface area contributed by atoms with E-state index in [9.17, 15) is 0 Å². The van der Waals surface area contributed by atoms with Crippen molar-refractivity contribution < 1.29 is 4.52 Å². The predicted molar refractivity (Wildman–Crippen MR) is 86.2 cm³/mol. The number of likely N-dealkylation sites (tertiary alicyclic amines) is 1. The molecule has 2 N–H and O–H groups in total. The molecular weight excluding hydrogens is 286 g/mol. The van der Waals surface area contributed by atoms with E-state index >= 15 is 0 Å². The van der Waals surface area contributed by atoms with Crippen LogP contribution in [0.2, 0.25) is 0 Å². The van der Waals surface area contributed by atoms with Gasteiger partial charge in [-0.15, -0.1) is 12.4 Å². The van der Waals surface area contributed by atoms with E-state index in [1.807, 2.05) is 36.4 Å². The maximum atomic E-state index is 6.05. The largest absolute Gasteiger partial charge is 0.356 e. The zero-order valence-electron chi connectivity index (χ0n) is 12.2. The molecule has 0 aliphatic carbocycles. The minimum Gasteiger partial charge on any atom is -0.356 e. The van der Waals surface area contributed by atoms with Crippen LogP contribution in [0.15, 0.2) is 40.9 Å². The minimum atomic E-state index is 0. The number of hydrogen-bond acceptors (Lipinski definition) is 4. The lowest BCUT2D eigenvalue weighted by Gasteiger charge is -2.34. The molecule has 4 nitrogen and oxygen atoms in total. The summed E-state index contributed by atoms with van der Waals surface area (Å²) in [5.74, 6) is 1.38. The van der Waals surface area contributed by atoms with Crippen LogP contribution in [0.4, 0.5) is 0 Å². The highest BCUT2D eigenvalue weighted by Crippen LogP contribution is 2.22. The van der Waals surface area contributed by atoms with Gasteiger partial charge in [0.25, 0.3) is 0 Å². The molecule has 1 fully saturated rings. The van der Waals surface area contributed by atoms with Crippen LogP contribution >= 0.6 is 12.4 Å². The van der Waals surface area contributed by atoms with E-state index in [0.717, 1.165) is 43.1 Å². The summed E-state index contributed by atoms with van der Waals surface area (Å²) in [6, 6.07) is 12.5. The smallest absolute Gasteiger partial charge is 0.167 e. The van der Waals surface area contributed by atoms with Crippen LogP contribution in [0.5, 0.6) is 0 Å². The first-order valence-corrected chi connectivity index (χ1v) is 7.21. The lowest BCUT2D eigenvalue weighted by molar-refractivity contribution is 0.154. The van der Waals surface area contributed by atoms with E-state index in [4.69, 9.17) is 10.3 Å². The predicted octanol–water partition coefficient (Wildman–Crippen LogP) is 2.93. The Hall–Kier alpha value is -1.36. The molecule has 0 bridgehead atoms. The van der Waals surface area contributed by atoms with Gasteiger partial charge in [0.05, 0.1) is 5.69 Å². The number of nitrogens with two attached hydrogens (primary N) is 1. The Morgan fingerprint density at radius 2 is 2.10 bits per heavy atom. The Labute approximate surface area is 131 Å². The Morgan fingerprint density at radius 3 is 2.81 bits per heavy atom. The molecule has 1 aromatic carbocycles. The molecule has 0 saturated carbocycles. The monoisotopic (exact) mass is 307 g/mol. The fraction of sp³-hybridized carbons (Fsp3) is 0.438. The SMILES string of the molecule is CC1CN(Cc2cc(-c3ccccc3)on2)CCC1N.Cl. The highest BCUT2D eigenvalue weighted by atomic mass is 35.5. The van der Waals surface area contributed by atoms with Crippen molar-refractivity contribution in [1.82, 2.24) is 10.1 Å². The van der Waals surface area contributed by atoms with Gasteiger partial charge in [-0.1, -0.05) is 42.4 Å². The first-order chi connectivity index (χ1) is 9.72. The number of piperidine rings is 1. The molecule has 5 heteroatoms. The summed E-state index contributed by atoms with van der Waals surface area (Å²) in [5, 5.41) is 4.18. The van der Waals surface area contributed by atoms with Crippen LogP contribution in [0, 0.1) is 5.92 Å². The number of benzene rings is 1. The lowest BCUT2D eigenvalue weighted by Crippen LogP contribution is -2.45. The summed E-state index contributed by atoms with van der Waals surface area (Å²) in [5.41, 5.74) is 8.12. The topological polar surface area (TPSA) is 55.3 Å². The number of aromatic nitrogens is 1. The van der Waals surface area contributed by atoms with Crippen molar-refractivity contribution in [3.05, 3.63) is 42.1 Å². The summed E-state index contributed by atoms with van der Waals surface area (Å²) < 4.78 is 5.44. The van der Waals surface area contributed by atoms with Crippen LogP contribution < -0.4 is 5.73 Å². The molecule has 0 amide bonds. The van der Waals surface area contributed by atoms with Crippen molar-refractivity contribution in [2.24, 2.45) is 11.7 Å². The molecule has 2 heterocycles. The fourth-order valence-corrected chi connectivity index (χ4v) is 2.75. The van der Waals surface area contributed by atoms with Gasteiger partial charge in [0.2, 0.25) is 0 Å². The zero-order chi connectivity index (χ0) is 13.9. The third-order valence-electron chi connectivity index (χ3n) is 4.06. The van der Waals surface area contributed by atoms with Crippen LogP contribution in [-0.2, 0) is 6.54 Å². The standard InChI is InChI=1S/C16H21N3O.ClH/c1-12-10-19(8-7-15(12)17)11-14-9-16(20-18-14)13-5-3-2-4-6-13;/h2-6,9,12,15H,7-8,10-11,17H2,1H3;1H. The maximum absolute atomic E-state index is 6.05. The van der Waals surface area contributed by atoms with E-state index in [2.05, 4.69) is 17.0 Å². The first kappa shape index (κ1) is 16.0. The second kappa shape index (κ2) is 7.07. The van der Waals surface area contributed by atoms with Gasteiger partial charge in [0.1, 0.15) is 0 Å². The third kappa shape index (κ3) is 3.84. The van der Waals surface area contributed by atoms with Crippen molar-refractivity contribution in [2.45, 2.75) is 25.9 Å². The van der Waals surface area contributed by atoms with Gasteiger partial charge in [-0.3, -0.25) is 4.90 Å². The summed E-state index contributed by atoms with van der Waals surface area (Å²) in [6.45, 7) is 5.14. The van der Waals surface area contributed by atoms with Crippen LogP contribution in [0.25, 0.3) is 11.3 Å². The number of rotatable bonds is 3. The highest BCUT2D eigenvalue weighted by Gasteiger charge is 2.23. The van der Waals surface area contributed by atoms with Crippen LogP contribution in [-0.4, -0.2) is 29.2 Å². The molecule has 1 saturated heterocycles. The molecule has 3 rings (SSSR count). The second-order valence-electron chi connectivity index (χ2n) is 5.71. The van der Waals surface area contributed by atoms with Gasteiger partial charge in [-0.05, 0) is 12.3 Å². The Morgan fingerprint density at radius 1 is 1.33 bits per heavy atom. The van der Waals surface area contributed by atoms with E-state index in [0.29, 0.717) is 12.0 Å². The average Bonchev–Trinajstić information content (AvgIpc) is 2.92. The fourth-order valence-electron chi connectivity index (χ4n) is 2.75. The van der Waals surface area contributed by atoms with Crippen LogP contribution in [0.1, 0.15) is 19.0 Å². The van der Waals surface area contributed by atoms with Crippen molar-refractivity contribution in [3.63, 3.8) is 0 Å².